The molecule has 0 aliphatic carbocycles. The number of hydrogen-bond acceptors (Lipinski definition) is 5. The Labute approximate surface area is 75.5 Å². The van der Waals surface area contributed by atoms with Gasteiger partial charge in [-0.15, -0.1) is 0 Å². The number of carbonyl (C=O) groups excluding carboxylic acids is 1. The molecule has 0 amide bonds. The first-order chi connectivity index (χ1) is 6.03. The van der Waals surface area contributed by atoms with Crippen molar-refractivity contribution >= 4 is 16.4 Å². The fourth-order valence-electron chi connectivity index (χ4n) is 0.725. The summed E-state index contributed by atoms with van der Waals surface area (Å²) in [5.41, 5.74) is -0.0343. The van der Waals surface area contributed by atoms with E-state index in [4.69, 9.17) is 0 Å². The van der Waals surface area contributed by atoms with Crippen LogP contribution in [0.2, 0.25) is 0 Å². The minimum atomic E-state index is -3.61. The fraction of sp³-hybridized carbons (Fsp3) is 0.143. The van der Waals surface area contributed by atoms with Gasteiger partial charge < -0.3 is 4.18 Å². The SMILES string of the molecule is CS(=O)(=O)Oc1cccnc1C=O. The largest absolute Gasteiger partial charge is 0.380 e. The van der Waals surface area contributed by atoms with Crippen LogP contribution in [0.1, 0.15) is 10.5 Å². The number of aromatic nitrogens is 1. The van der Waals surface area contributed by atoms with Crippen LogP contribution in [0.5, 0.6) is 5.75 Å². The molecule has 13 heavy (non-hydrogen) atoms. The summed E-state index contributed by atoms with van der Waals surface area (Å²) in [6, 6.07) is 2.84. The molecule has 1 aromatic heterocycles. The van der Waals surface area contributed by atoms with E-state index >= 15 is 0 Å². The van der Waals surface area contributed by atoms with E-state index in [1.807, 2.05) is 0 Å². The van der Waals surface area contributed by atoms with Crippen molar-refractivity contribution in [2.45, 2.75) is 0 Å². The molecule has 0 spiro atoms. The summed E-state index contributed by atoms with van der Waals surface area (Å²) in [7, 11) is -3.61. The lowest BCUT2D eigenvalue weighted by Gasteiger charge is -2.02. The van der Waals surface area contributed by atoms with Crippen molar-refractivity contribution in [3.8, 4) is 5.75 Å². The van der Waals surface area contributed by atoms with Crippen LogP contribution >= 0.6 is 0 Å². The highest BCUT2D eigenvalue weighted by Gasteiger charge is 2.08. The topological polar surface area (TPSA) is 73.3 Å². The first-order valence-corrected chi connectivity index (χ1v) is 5.14. The molecule has 0 bridgehead atoms. The number of pyridine rings is 1. The molecule has 0 saturated heterocycles. The second-order valence-electron chi connectivity index (χ2n) is 2.29. The number of carbonyl (C=O) groups is 1. The number of nitrogens with zero attached hydrogens (tertiary/aromatic N) is 1. The average Bonchev–Trinajstić information content (AvgIpc) is 2.02. The van der Waals surface area contributed by atoms with Gasteiger partial charge in [0.05, 0.1) is 6.26 Å². The summed E-state index contributed by atoms with van der Waals surface area (Å²) in [6.45, 7) is 0. The van der Waals surface area contributed by atoms with Crippen LogP contribution in [-0.4, -0.2) is 25.9 Å². The van der Waals surface area contributed by atoms with Gasteiger partial charge in [-0.2, -0.15) is 8.42 Å². The molecule has 0 radical (unpaired) electrons. The summed E-state index contributed by atoms with van der Waals surface area (Å²) in [5, 5.41) is 0. The maximum Gasteiger partial charge on any atom is 0.306 e. The molecule has 1 rings (SSSR count). The fourth-order valence-corrected chi connectivity index (χ4v) is 1.19. The molecule has 1 aromatic rings. The Kier molecular flexibility index (Phi) is 2.62. The van der Waals surface area contributed by atoms with E-state index in [9.17, 15) is 13.2 Å². The molecule has 6 heteroatoms. The van der Waals surface area contributed by atoms with Crippen molar-refractivity contribution in [1.29, 1.82) is 0 Å². The highest BCUT2D eigenvalue weighted by molar-refractivity contribution is 7.86. The first-order valence-electron chi connectivity index (χ1n) is 3.32. The molecule has 0 saturated carbocycles. The van der Waals surface area contributed by atoms with E-state index in [2.05, 4.69) is 9.17 Å². The third kappa shape index (κ3) is 2.83. The van der Waals surface area contributed by atoms with Crippen molar-refractivity contribution < 1.29 is 17.4 Å². The van der Waals surface area contributed by atoms with E-state index in [1.54, 1.807) is 0 Å². The average molecular weight is 201 g/mol. The van der Waals surface area contributed by atoms with Gasteiger partial charge in [0, 0.05) is 6.20 Å². The van der Waals surface area contributed by atoms with E-state index < -0.39 is 10.1 Å². The molecule has 0 unspecified atom stereocenters. The highest BCUT2D eigenvalue weighted by atomic mass is 32.2. The Morgan fingerprint density at radius 3 is 2.77 bits per heavy atom. The standard InChI is InChI=1S/C7H7NO4S/c1-13(10,11)12-7-3-2-4-8-6(7)5-9/h2-5H,1H3. The van der Waals surface area contributed by atoms with Gasteiger partial charge in [-0.1, -0.05) is 0 Å². The first kappa shape index (κ1) is 9.66. The van der Waals surface area contributed by atoms with Gasteiger partial charge in [0.1, 0.15) is 5.69 Å². The van der Waals surface area contributed by atoms with Crippen LogP contribution < -0.4 is 4.18 Å². The third-order valence-electron chi connectivity index (χ3n) is 1.15. The van der Waals surface area contributed by atoms with Crippen LogP contribution in [-0.2, 0) is 10.1 Å². The monoisotopic (exact) mass is 201 g/mol. The molecule has 5 nitrogen and oxygen atoms in total. The summed E-state index contributed by atoms with van der Waals surface area (Å²) in [6.07, 6.45) is 2.70. The molecule has 1 heterocycles. The molecule has 0 aromatic carbocycles. The maximum atomic E-state index is 10.7. The Bertz CT molecular complexity index is 412. The van der Waals surface area contributed by atoms with Crippen LogP contribution in [0.4, 0.5) is 0 Å². The Balaban J connectivity index is 3.08. The van der Waals surface area contributed by atoms with Crippen LogP contribution in [0.15, 0.2) is 18.3 Å². The third-order valence-corrected chi connectivity index (χ3v) is 1.63. The van der Waals surface area contributed by atoms with Gasteiger partial charge in [0.25, 0.3) is 0 Å². The van der Waals surface area contributed by atoms with Gasteiger partial charge in [-0.05, 0) is 12.1 Å². The Morgan fingerprint density at radius 1 is 1.54 bits per heavy atom. The van der Waals surface area contributed by atoms with E-state index in [-0.39, 0.29) is 11.4 Å². The van der Waals surface area contributed by atoms with Crippen LogP contribution in [0.25, 0.3) is 0 Å². The number of aldehydes is 1. The van der Waals surface area contributed by atoms with E-state index in [1.165, 1.54) is 18.3 Å². The van der Waals surface area contributed by atoms with Gasteiger partial charge in [-0.3, -0.25) is 4.79 Å². The Hall–Kier alpha value is -1.43. The summed E-state index contributed by atoms with van der Waals surface area (Å²) >= 11 is 0. The highest BCUT2D eigenvalue weighted by Crippen LogP contribution is 2.14. The Morgan fingerprint density at radius 2 is 2.23 bits per heavy atom. The zero-order valence-electron chi connectivity index (χ0n) is 6.80. The van der Waals surface area contributed by atoms with Crippen LogP contribution in [0, 0.1) is 0 Å². The molecule has 0 fully saturated rings. The molecular weight excluding hydrogens is 194 g/mol. The zero-order chi connectivity index (χ0) is 9.90. The predicted molar refractivity (Wildman–Crippen MR) is 45.1 cm³/mol. The van der Waals surface area contributed by atoms with E-state index in [0.29, 0.717) is 6.29 Å². The van der Waals surface area contributed by atoms with Crippen molar-refractivity contribution in [2.24, 2.45) is 0 Å². The quantitative estimate of drug-likeness (QED) is 0.517. The number of rotatable bonds is 3. The van der Waals surface area contributed by atoms with Crippen LogP contribution in [0.3, 0.4) is 0 Å². The van der Waals surface area contributed by atoms with Crippen molar-refractivity contribution in [2.75, 3.05) is 6.26 Å². The second kappa shape index (κ2) is 3.53. The molecule has 0 aliphatic rings. The normalized spacial score (nSPS) is 10.8. The predicted octanol–water partition coefficient (Wildman–Crippen LogP) is 0.233. The second-order valence-corrected chi connectivity index (χ2v) is 3.87. The molecule has 70 valence electrons. The smallest absolute Gasteiger partial charge is 0.306 e. The molecular formula is C7H7NO4S. The summed E-state index contributed by atoms with van der Waals surface area (Å²) in [5.74, 6) is -0.0556. The van der Waals surface area contributed by atoms with Crippen molar-refractivity contribution in [3.63, 3.8) is 0 Å². The minimum Gasteiger partial charge on any atom is -0.380 e. The lowest BCUT2D eigenvalue weighted by atomic mass is 10.3. The lowest BCUT2D eigenvalue weighted by molar-refractivity contribution is 0.111. The van der Waals surface area contributed by atoms with Gasteiger partial charge >= 0.3 is 10.1 Å². The van der Waals surface area contributed by atoms with Gasteiger partial charge in [0.15, 0.2) is 12.0 Å². The zero-order valence-corrected chi connectivity index (χ0v) is 7.61. The van der Waals surface area contributed by atoms with Gasteiger partial charge in [0.2, 0.25) is 0 Å². The molecule has 0 N–H and O–H groups in total. The molecule has 0 atom stereocenters. The van der Waals surface area contributed by atoms with Crippen molar-refractivity contribution in [3.05, 3.63) is 24.0 Å². The van der Waals surface area contributed by atoms with Crippen molar-refractivity contribution in [1.82, 2.24) is 4.98 Å². The maximum absolute atomic E-state index is 10.7. The minimum absolute atomic E-state index is 0.0343. The molecule has 0 aliphatic heterocycles. The summed E-state index contributed by atoms with van der Waals surface area (Å²) in [4.78, 5) is 14.0. The summed E-state index contributed by atoms with van der Waals surface area (Å²) < 4.78 is 25.9. The number of hydrogen-bond donors (Lipinski definition) is 0. The van der Waals surface area contributed by atoms with E-state index in [0.717, 1.165) is 6.26 Å². The van der Waals surface area contributed by atoms with Gasteiger partial charge in [-0.25, -0.2) is 4.98 Å². The lowest BCUT2D eigenvalue weighted by Crippen LogP contribution is -2.07.